The lowest BCUT2D eigenvalue weighted by Gasteiger charge is -2.14. The van der Waals surface area contributed by atoms with Crippen LogP contribution in [0.15, 0.2) is 48.5 Å². The summed E-state index contributed by atoms with van der Waals surface area (Å²) in [6.07, 6.45) is 0.581. The highest BCUT2D eigenvalue weighted by molar-refractivity contribution is 5.94. The largest absolute Gasteiger partial charge is 0.481 e. The van der Waals surface area contributed by atoms with E-state index in [1.165, 1.54) is 0 Å². The van der Waals surface area contributed by atoms with Crippen LogP contribution in [-0.4, -0.2) is 23.5 Å². The lowest BCUT2D eigenvalue weighted by Crippen LogP contribution is -2.34. The zero-order valence-electron chi connectivity index (χ0n) is 14.0. The average Bonchev–Trinajstić information content (AvgIpc) is 2.58. The predicted octanol–water partition coefficient (Wildman–Crippen LogP) is 2.73. The summed E-state index contributed by atoms with van der Waals surface area (Å²) in [7, 11) is 0. The Kier molecular flexibility index (Phi) is 6.30. The van der Waals surface area contributed by atoms with Gasteiger partial charge in [0.2, 0.25) is 0 Å². The number of rotatable bonds is 7. The summed E-state index contributed by atoms with van der Waals surface area (Å²) in [5.74, 6) is -1.98. The van der Waals surface area contributed by atoms with E-state index in [1.54, 1.807) is 24.3 Å². The Labute approximate surface area is 146 Å². The number of carboxylic acids is 1. The number of aryl methyl sites for hydroxylation is 1. The number of carbonyl (C=O) groups excluding carboxylic acids is 1. The van der Waals surface area contributed by atoms with Gasteiger partial charge in [0.15, 0.2) is 0 Å². The minimum Gasteiger partial charge on any atom is -0.481 e. The molecule has 0 aliphatic carbocycles. The van der Waals surface area contributed by atoms with Crippen LogP contribution in [0.2, 0.25) is 0 Å². The maximum absolute atomic E-state index is 12.2. The van der Waals surface area contributed by atoms with Gasteiger partial charge in [-0.25, -0.2) is 0 Å². The van der Waals surface area contributed by atoms with Gasteiger partial charge in [0.1, 0.15) is 0 Å². The molecule has 2 rings (SSSR count). The zero-order chi connectivity index (χ0) is 18.2. The minimum atomic E-state index is -0.944. The van der Waals surface area contributed by atoms with Crippen LogP contribution in [0.5, 0.6) is 0 Å². The highest BCUT2D eigenvalue weighted by Gasteiger charge is 2.19. The number of nitrogens with one attached hydrogen (secondary N) is 1. The third kappa shape index (κ3) is 5.47. The second-order valence-corrected chi connectivity index (χ2v) is 5.97. The van der Waals surface area contributed by atoms with E-state index < -0.39 is 11.9 Å². The summed E-state index contributed by atoms with van der Waals surface area (Å²) in [4.78, 5) is 23.7. The maximum atomic E-state index is 12.2. The molecule has 2 N–H and O–H groups in total. The van der Waals surface area contributed by atoms with E-state index in [9.17, 15) is 14.7 Å². The average molecular weight is 336 g/mol. The first-order chi connectivity index (χ1) is 12.0. The zero-order valence-corrected chi connectivity index (χ0v) is 14.0. The van der Waals surface area contributed by atoms with Crippen molar-refractivity contribution in [2.75, 3.05) is 6.54 Å². The van der Waals surface area contributed by atoms with Crippen molar-refractivity contribution in [1.29, 1.82) is 5.26 Å². The normalized spacial score (nSPS) is 11.4. The van der Waals surface area contributed by atoms with Crippen molar-refractivity contribution >= 4 is 11.9 Å². The number of carbonyl (C=O) groups is 2. The van der Waals surface area contributed by atoms with E-state index in [1.807, 2.05) is 37.3 Å². The third-order valence-corrected chi connectivity index (χ3v) is 3.90. The van der Waals surface area contributed by atoms with Crippen LogP contribution in [-0.2, 0) is 17.6 Å². The molecule has 25 heavy (non-hydrogen) atoms. The van der Waals surface area contributed by atoms with Gasteiger partial charge in [0, 0.05) is 12.1 Å². The fourth-order valence-electron chi connectivity index (χ4n) is 2.60. The molecule has 0 radical (unpaired) electrons. The molecular formula is C20H20N2O3. The van der Waals surface area contributed by atoms with Crippen LogP contribution in [0.1, 0.15) is 27.0 Å². The van der Waals surface area contributed by atoms with Gasteiger partial charge in [-0.2, -0.15) is 5.26 Å². The van der Waals surface area contributed by atoms with E-state index in [2.05, 4.69) is 5.32 Å². The van der Waals surface area contributed by atoms with Crippen molar-refractivity contribution in [2.24, 2.45) is 5.92 Å². The number of aliphatic carboxylic acids is 1. The van der Waals surface area contributed by atoms with Crippen LogP contribution in [0.3, 0.4) is 0 Å². The Morgan fingerprint density at radius 2 is 1.88 bits per heavy atom. The lowest BCUT2D eigenvalue weighted by molar-refractivity contribution is -0.141. The van der Waals surface area contributed by atoms with Gasteiger partial charge >= 0.3 is 5.97 Å². The van der Waals surface area contributed by atoms with Crippen molar-refractivity contribution in [3.05, 3.63) is 70.8 Å². The first kappa shape index (κ1) is 18.2. The molecule has 0 saturated heterocycles. The van der Waals surface area contributed by atoms with Crippen molar-refractivity contribution in [1.82, 2.24) is 5.32 Å². The van der Waals surface area contributed by atoms with Gasteiger partial charge in [-0.1, -0.05) is 42.0 Å². The number of nitriles is 1. The lowest BCUT2D eigenvalue weighted by atomic mass is 9.98. The van der Waals surface area contributed by atoms with Crippen molar-refractivity contribution in [3.63, 3.8) is 0 Å². The molecule has 0 saturated carbocycles. The Morgan fingerprint density at radius 3 is 2.56 bits per heavy atom. The second kappa shape index (κ2) is 8.65. The minimum absolute atomic E-state index is 0.0462. The van der Waals surface area contributed by atoms with Crippen molar-refractivity contribution in [3.8, 4) is 6.07 Å². The van der Waals surface area contributed by atoms with Gasteiger partial charge < -0.3 is 10.4 Å². The van der Waals surface area contributed by atoms with E-state index >= 15 is 0 Å². The number of amides is 1. The molecule has 5 heteroatoms. The predicted molar refractivity (Wildman–Crippen MR) is 94.1 cm³/mol. The summed E-state index contributed by atoms with van der Waals surface area (Å²) >= 11 is 0. The Hall–Kier alpha value is -3.13. The summed E-state index contributed by atoms with van der Waals surface area (Å²) in [6, 6.07) is 16.5. The number of hydrogen-bond acceptors (Lipinski definition) is 3. The van der Waals surface area contributed by atoms with Crippen molar-refractivity contribution in [2.45, 2.75) is 19.8 Å². The first-order valence-corrected chi connectivity index (χ1v) is 8.02. The van der Waals surface area contributed by atoms with Crippen LogP contribution in [0.4, 0.5) is 0 Å². The molecule has 0 bridgehead atoms. The molecule has 0 fully saturated rings. The molecule has 0 spiro atoms. The molecule has 2 aromatic rings. The smallest absolute Gasteiger partial charge is 0.308 e. The van der Waals surface area contributed by atoms with E-state index in [-0.39, 0.29) is 18.9 Å². The Bertz CT molecular complexity index is 809. The fraction of sp³-hybridized carbons (Fsp3) is 0.250. The molecule has 1 unspecified atom stereocenters. The van der Waals surface area contributed by atoms with E-state index in [0.29, 0.717) is 12.0 Å². The maximum Gasteiger partial charge on any atom is 0.308 e. The van der Waals surface area contributed by atoms with Crippen LogP contribution >= 0.6 is 0 Å². The number of benzene rings is 2. The summed E-state index contributed by atoms with van der Waals surface area (Å²) in [5, 5.41) is 20.8. The van der Waals surface area contributed by atoms with Gasteiger partial charge in [0.05, 0.1) is 18.4 Å². The van der Waals surface area contributed by atoms with Gasteiger partial charge in [0.25, 0.3) is 5.91 Å². The number of carboxylic acid groups (broad SMARTS) is 1. The summed E-state index contributed by atoms with van der Waals surface area (Å²) in [5.41, 5.74) is 3.18. The standard InChI is InChI=1S/C20H20N2O3/c1-14-4-2-6-16(10-14)12-18(20(24)25)13-22-19(23)17-7-3-5-15(11-17)8-9-21/h2-7,10-11,18H,8,12-13H2,1H3,(H,22,23)(H,24,25). The second-order valence-electron chi connectivity index (χ2n) is 5.97. The van der Waals surface area contributed by atoms with Crippen molar-refractivity contribution < 1.29 is 14.7 Å². The topological polar surface area (TPSA) is 90.2 Å². The molecule has 0 aliphatic heterocycles. The summed E-state index contributed by atoms with van der Waals surface area (Å²) in [6.45, 7) is 2.00. The summed E-state index contributed by atoms with van der Waals surface area (Å²) < 4.78 is 0. The molecule has 0 aromatic heterocycles. The Balaban J connectivity index is 2.01. The number of nitrogens with zero attached hydrogens (tertiary/aromatic N) is 1. The third-order valence-electron chi connectivity index (χ3n) is 3.90. The Morgan fingerprint density at radius 1 is 1.16 bits per heavy atom. The molecule has 2 aromatic carbocycles. The quantitative estimate of drug-likeness (QED) is 0.813. The SMILES string of the molecule is Cc1cccc(CC(CNC(=O)c2cccc(CC#N)c2)C(=O)O)c1. The van der Waals surface area contributed by atoms with Crippen LogP contribution in [0, 0.1) is 24.2 Å². The van der Waals surface area contributed by atoms with E-state index in [0.717, 1.165) is 16.7 Å². The molecule has 0 heterocycles. The van der Waals surface area contributed by atoms with E-state index in [4.69, 9.17) is 5.26 Å². The molecule has 128 valence electrons. The molecule has 5 nitrogen and oxygen atoms in total. The van der Waals surface area contributed by atoms with Gasteiger partial charge in [-0.05, 0) is 36.6 Å². The molecule has 1 atom stereocenters. The van der Waals surface area contributed by atoms with Gasteiger partial charge in [-0.15, -0.1) is 0 Å². The fourth-order valence-corrected chi connectivity index (χ4v) is 2.60. The van der Waals surface area contributed by atoms with Crippen LogP contribution < -0.4 is 5.32 Å². The number of hydrogen-bond donors (Lipinski definition) is 2. The highest BCUT2D eigenvalue weighted by Crippen LogP contribution is 2.12. The molecular weight excluding hydrogens is 316 g/mol. The first-order valence-electron chi connectivity index (χ1n) is 8.02. The monoisotopic (exact) mass is 336 g/mol. The van der Waals surface area contributed by atoms with Gasteiger partial charge in [-0.3, -0.25) is 9.59 Å². The molecule has 0 aliphatic rings. The molecule has 1 amide bonds. The highest BCUT2D eigenvalue weighted by atomic mass is 16.4. The van der Waals surface area contributed by atoms with Crippen LogP contribution in [0.25, 0.3) is 0 Å².